The first-order valence-electron chi connectivity index (χ1n) is 47.4. The van der Waals surface area contributed by atoms with E-state index in [9.17, 15) is 76.7 Å². The molecule has 12 atom stereocenters. The highest BCUT2D eigenvalue weighted by Crippen LogP contribution is 2.15. The zero-order chi connectivity index (χ0) is 98.1. The molecule has 133 heavy (non-hydrogen) atoms. The van der Waals surface area contributed by atoms with Crippen LogP contribution in [0.2, 0.25) is 0 Å². The van der Waals surface area contributed by atoms with E-state index in [1.54, 1.807) is 42.9 Å². The van der Waals surface area contributed by atoms with Crippen LogP contribution in [0, 0.1) is 0 Å². The van der Waals surface area contributed by atoms with Crippen molar-refractivity contribution in [3.8, 4) is 0 Å². The van der Waals surface area contributed by atoms with Crippen molar-refractivity contribution in [3.63, 3.8) is 0 Å². The van der Waals surface area contributed by atoms with Crippen molar-refractivity contribution in [1.29, 1.82) is 0 Å². The molecule has 0 radical (unpaired) electrons. The number of primary amides is 1. The van der Waals surface area contributed by atoms with Gasteiger partial charge >= 0.3 is 0 Å². The zero-order valence-corrected chi connectivity index (χ0v) is 80.3. The van der Waals surface area contributed by atoms with Gasteiger partial charge in [-0.1, -0.05) is 36.6 Å². The monoisotopic (exact) mass is 1880 g/mol. The molecule has 23 N–H and O–H groups in total. The maximum atomic E-state index is 14.2. The second-order valence-electron chi connectivity index (χ2n) is 33.5. The molecule has 46 nitrogen and oxygen atoms in total. The Hall–Kier alpha value is -10.5. The molecule has 0 spiro atoms. The Bertz CT molecular complexity index is 3800. The number of unbranched alkanes of at least 4 members (excludes halogenated alkanes) is 9. The van der Waals surface area contributed by atoms with Crippen molar-refractivity contribution in [1.82, 2.24) is 142 Å². The predicted octanol–water partition coefficient (Wildman–Crippen LogP) is -4.00. The molecule has 4 rings (SSSR count). The van der Waals surface area contributed by atoms with Gasteiger partial charge in [0.2, 0.25) is 94.5 Å². The summed E-state index contributed by atoms with van der Waals surface area (Å²) in [5.41, 5.74) is 6.13. The van der Waals surface area contributed by atoms with Crippen LogP contribution < -0.4 is 117 Å². The molecule has 2 fully saturated rings. The van der Waals surface area contributed by atoms with Gasteiger partial charge in [0, 0.05) is 32.2 Å². The van der Waals surface area contributed by atoms with Crippen LogP contribution in [-0.4, -0.2) is 312 Å². The molecule has 46 heteroatoms. The second kappa shape index (κ2) is 70.2. The van der Waals surface area contributed by atoms with E-state index in [4.69, 9.17) is 15.2 Å². The third-order valence-electron chi connectivity index (χ3n) is 22.0. The average Bonchev–Trinajstić information content (AvgIpc) is 1.71. The van der Waals surface area contributed by atoms with Gasteiger partial charge in [-0.05, 0) is 251 Å². The lowest BCUT2D eigenvalue weighted by Crippen LogP contribution is -2.60. The molecule has 16 amide bonds. The lowest BCUT2D eigenvalue weighted by molar-refractivity contribution is -0.136. The fourth-order valence-corrected chi connectivity index (χ4v) is 13.9. The summed E-state index contributed by atoms with van der Waals surface area (Å²) >= 11 is 0. The summed E-state index contributed by atoms with van der Waals surface area (Å²) in [4.78, 5) is 212. The van der Waals surface area contributed by atoms with Gasteiger partial charge in [0.05, 0.1) is 65.0 Å². The molecule has 2 aromatic rings. The highest BCUT2D eigenvalue weighted by molar-refractivity contribution is 6.00. The molecule has 2 aliphatic heterocycles. The minimum Gasteiger partial charge on any atom is -0.377 e. The molecule has 0 saturated carbocycles. The van der Waals surface area contributed by atoms with Crippen LogP contribution in [0.4, 0.5) is 0 Å². The van der Waals surface area contributed by atoms with Gasteiger partial charge in [-0.15, -0.1) is 10.2 Å². The van der Waals surface area contributed by atoms with Crippen LogP contribution in [0.5, 0.6) is 0 Å². The van der Waals surface area contributed by atoms with Gasteiger partial charge in [0.25, 0.3) is 0 Å². The number of nitrogens with one attached hydrogen (secondary N) is 21. The molecule has 0 aliphatic carbocycles. The van der Waals surface area contributed by atoms with Gasteiger partial charge in [-0.25, -0.2) is 9.36 Å². The molecule has 0 aromatic carbocycles. The van der Waals surface area contributed by atoms with Crippen molar-refractivity contribution >= 4 is 94.5 Å². The molecule has 2 aliphatic rings. The third-order valence-corrected chi connectivity index (χ3v) is 22.0. The molecule has 0 bridgehead atoms. The predicted molar refractivity (Wildman–Crippen MR) is 497 cm³/mol. The first-order chi connectivity index (χ1) is 63.9. The summed E-state index contributed by atoms with van der Waals surface area (Å²) in [6, 6.07) is -12.5. The van der Waals surface area contributed by atoms with Crippen molar-refractivity contribution in [3.05, 3.63) is 23.8 Å². The number of rotatable bonds is 58. The molecule has 754 valence electrons. The number of aromatic nitrogens is 6. The highest BCUT2D eigenvalue weighted by atomic mass is 16.5. The number of hydrogen-bond acceptors (Lipinski definition) is 28. The maximum absolute atomic E-state index is 14.2. The number of carbonyl (C=O) groups excluding carboxylic acids is 16. The number of nitrogens with zero attached hydrogens (tertiary/aromatic N) is 6. The number of nitrogens with two attached hydrogens (primary N) is 1. The van der Waals surface area contributed by atoms with E-state index in [-0.39, 0.29) is 88.7 Å². The first-order valence-corrected chi connectivity index (χ1v) is 47.4. The van der Waals surface area contributed by atoms with Gasteiger partial charge < -0.3 is 127 Å². The summed E-state index contributed by atoms with van der Waals surface area (Å²) < 4.78 is 14.4. The van der Waals surface area contributed by atoms with Gasteiger partial charge in [-0.2, -0.15) is 0 Å². The standard InChI is InChI=1S/C53H93N19O12.C34H65N9O6/c1-36-48(77)63-40(14-6-10-22-55-3)50(79)61-37(2)49(78)64-42(16-8-12-24-57-5)52(81)66-43(53(82)65-41(51(80)62-36)15-7-11-23-56-4)17-9-13-25-58-45(74)20-21-47(76)60-33-39-35-72(70-68-39)27-29-84-31-30-83-28-26-71-34-38(67-69-71)32-59-46(75)19-18-44(54)73;1-7-8-9-16-28-34(49)42-26(18-11-14-21-36-5)32(47)39-23(2)29(44)40-25(17-10-13-20-35-4)31(46)38-24(3)30(45)41-27(33(48)43-28)19-12-15-22-37-6/h34-37,40-43,55-57H,6-33H2,1-5H3,(H2,54,73)(H,58,74)(H,59,75)(H,60,76)(H,61,79)(H,62,80)(H,63,77)(H,64,78)(H,65,82)(H,66,81);23-28,35-37H,7-22H2,1-6H3,(H,38,46)(H,39,47)(H,40,44)(H,41,45)(H,42,49)(H,43,48)/t36-,37-,40+,41+,42+,43-;23-,24-,25+,26+,27+,28-/m11/s1. The van der Waals surface area contributed by atoms with Crippen molar-refractivity contribution in [2.24, 2.45) is 5.73 Å². The van der Waals surface area contributed by atoms with E-state index in [0.29, 0.717) is 173 Å². The maximum Gasteiger partial charge on any atom is 0.243 e. The smallest absolute Gasteiger partial charge is 0.243 e. The summed E-state index contributed by atoms with van der Waals surface area (Å²) in [6.45, 7) is 14.9. The van der Waals surface area contributed by atoms with Crippen LogP contribution in [0.3, 0.4) is 0 Å². The van der Waals surface area contributed by atoms with Crippen LogP contribution in [0.15, 0.2) is 12.4 Å². The lowest BCUT2D eigenvalue weighted by Gasteiger charge is -2.28. The minimum absolute atomic E-state index is 0.00854. The second-order valence-corrected chi connectivity index (χ2v) is 33.5. The molecular weight excluding hydrogens is 1730 g/mol. The summed E-state index contributed by atoms with van der Waals surface area (Å²) in [5.74, 6) is -8.58. The normalized spacial score (nSPS) is 21.3. The van der Waals surface area contributed by atoms with Crippen LogP contribution >= 0.6 is 0 Å². The highest BCUT2D eigenvalue weighted by Gasteiger charge is 2.37. The van der Waals surface area contributed by atoms with E-state index in [1.807, 2.05) is 28.1 Å². The largest absolute Gasteiger partial charge is 0.377 e. The molecule has 2 aromatic heterocycles. The van der Waals surface area contributed by atoms with E-state index in [1.165, 1.54) is 27.7 Å². The van der Waals surface area contributed by atoms with Crippen molar-refractivity contribution in [2.75, 3.05) is 115 Å². The average molecular weight is 1880 g/mol. The Kier molecular flexibility index (Phi) is 61.6. The van der Waals surface area contributed by atoms with Crippen molar-refractivity contribution in [2.45, 2.75) is 320 Å². The molecule has 0 unspecified atom stereocenters. The summed E-state index contributed by atoms with van der Waals surface area (Å²) in [6.07, 6.45) is 16.2. The Labute approximate surface area is 782 Å². The first kappa shape index (κ1) is 117. The van der Waals surface area contributed by atoms with E-state index < -0.39 is 149 Å². The van der Waals surface area contributed by atoms with E-state index >= 15 is 0 Å². The topological polar surface area (TPSA) is 632 Å². The quantitative estimate of drug-likeness (QED) is 0.0281. The molecular formula is C87H158N28O18. The third kappa shape index (κ3) is 51.5. The number of amides is 16. The summed E-state index contributed by atoms with van der Waals surface area (Å²) in [5, 5.41) is 75.8. The Balaban J connectivity index is 0.000000789. The molecule has 2 saturated heterocycles. The van der Waals surface area contributed by atoms with Crippen LogP contribution in [-0.2, 0) is 112 Å². The number of ether oxygens (including phenoxy) is 2. The van der Waals surface area contributed by atoms with Crippen LogP contribution in [0.25, 0.3) is 0 Å². The fourth-order valence-electron chi connectivity index (χ4n) is 13.9. The minimum atomic E-state index is -1.18. The Morgan fingerprint density at radius 2 is 0.534 bits per heavy atom. The Morgan fingerprint density at radius 3 is 0.782 bits per heavy atom. The summed E-state index contributed by atoms with van der Waals surface area (Å²) in [7, 11) is 10.9. The van der Waals surface area contributed by atoms with Crippen molar-refractivity contribution < 1.29 is 86.2 Å². The van der Waals surface area contributed by atoms with Crippen LogP contribution in [0.1, 0.15) is 232 Å². The van der Waals surface area contributed by atoms with Gasteiger partial charge in [0.15, 0.2) is 0 Å². The van der Waals surface area contributed by atoms with Gasteiger partial charge in [-0.3, -0.25) is 76.7 Å². The lowest BCUT2D eigenvalue weighted by atomic mass is 10.0. The zero-order valence-electron chi connectivity index (χ0n) is 80.3. The molecule has 4 heterocycles. The van der Waals surface area contributed by atoms with E-state index in [0.717, 1.165) is 51.7 Å². The van der Waals surface area contributed by atoms with Gasteiger partial charge in [0.1, 0.15) is 83.9 Å². The SMILES string of the molecule is CCCCC[C@H]1NC(=O)[C@H](CCCCNC)NC(=O)[C@@H](C)NC(=O)[C@H](CCCCNC)NC(=O)[C@@H](C)NC(=O)[C@H](CCCCNC)NC1=O.CNCCCC[C@@H]1NC(=O)[C@@H](C)NC(=O)[C@H](CCCCNC)NC(=O)[C@@H](CCCCNC(=O)CCC(=O)NCc2cn(CCOCCOCCn3cc(CNC(=O)CCC(N)=O)nn3)nn2)NC(=O)[C@H](CCCCNC)NC(=O)[C@@H](C)NC1=O. The van der Waals surface area contributed by atoms with E-state index in [2.05, 4.69) is 132 Å². The fraction of sp³-hybridized carbons (Fsp3) is 0.770. The number of carbonyl (C=O) groups is 16. The Morgan fingerprint density at radius 1 is 0.308 bits per heavy atom. The number of hydrogen-bond donors (Lipinski definition) is 22.